The molecule has 0 saturated heterocycles. The first-order valence-electron chi connectivity index (χ1n) is 3.05. The lowest BCUT2D eigenvalue weighted by molar-refractivity contribution is 1.04. The molecule has 0 aromatic carbocycles. The average Bonchev–Trinajstić information content (AvgIpc) is 2.34. The zero-order valence-corrected chi connectivity index (χ0v) is 6.24. The lowest BCUT2D eigenvalue weighted by atomic mass is 10.6. The number of aromatic nitrogens is 2. The summed E-state index contributed by atoms with van der Waals surface area (Å²) in [6.07, 6.45) is 4.82. The van der Waals surface area contributed by atoms with Crippen LogP contribution in [0.3, 0.4) is 0 Å². The quantitative estimate of drug-likeness (QED) is 0.653. The molecule has 0 saturated carbocycles. The molecule has 0 radical (unpaired) electrons. The molecule has 2 nitrogen and oxygen atoms in total. The Labute approximate surface area is 59.1 Å². The maximum absolute atomic E-state index is 4.06. The fraction of sp³-hybridized carbons (Fsp3) is 0.500. The minimum Gasteiger partial charge on any atom is -0.340 e. The highest BCUT2D eigenvalue weighted by Crippen LogP contribution is 2.11. The van der Waals surface area contributed by atoms with Crippen LogP contribution in [0.4, 0.5) is 0 Å². The Hall–Kier alpha value is -0.440. The molecule has 1 aromatic rings. The average molecular weight is 142 g/mol. The highest BCUT2D eigenvalue weighted by atomic mass is 32.2. The van der Waals surface area contributed by atoms with Crippen molar-refractivity contribution in [3.63, 3.8) is 0 Å². The van der Waals surface area contributed by atoms with E-state index in [-0.39, 0.29) is 0 Å². The molecule has 3 heteroatoms. The van der Waals surface area contributed by atoms with Crippen molar-refractivity contribution in [1.82, 2.24) is 9.97 Å². The summed E-state index contributed by atoms with van der Waals surface area (Å²) in [6, 6.07) is 0. The second-order valence-electron chi connectivity index (χ2n) is 1.74. The number of rotatable bonds is 3. The van der Waals surface area contributed by atoms with Crippen molar-refractivity contribution in [2.45, 2.75) is 18.5 Å². The number of thioether (sulfide) groups is 1. The molecule has 1 aromatic heterocycles. The largest absolute Gasteiger partial charge is 0.340 e. The molecule has 0 amide bonds. The zero-order valence-electron chi connectivity index (χ0n) is 5.42. The lowest BCUT2D eigenvalue weighted by Crippen LogP contribution is -1.76. The highest BCUT2D eigenvalue weighted by molar-refractivity contribution is 7.99. The minimum atomic E-state index is 1.02. The summed E-state index contributed by atoms with van der Waals surface area (Å²) in [5.41, 5.74) is 0. The van der Waals surface area contributed by atoms with Crippen molar-refractivity contribution in [3.8, 4) is 0 Å². The second-order valence-corrected chi connectivity index (χ2v) is 2.83. The number of H-pyrrole nitrogens is 1. The number of hydrogen-bond donors (Lipinski definition) is 1. The molecule has 0 bridgehead atoms. The van der Waals surface area contributed by atoms with E-state index in [4.69, 9.17) is 0 Å². The number of imidazole rings is 1. The summed E-state index contributed by atoms with van der Waals surface area (Å²) < 4.78 is 0. The van der Waals surface area contributed by atoms with E-state index in [1.165, 1.54) is 6.42 Å². The van der Waals surface area contributed by atoms with Crippen LogP contribution in [-0.2, 0) is 0 Å². The first-order valence-corrected chi connectivity index (χ1v) is 4.04. The highest BCUT2D eigenvalue weighted by Gasteiger charge is 1.90. The van der Waals surface area contributed by atoms with Gasteiger partial charge in [0.2, 0.25) is 0 Å². The van der Waals surface area contributed by atoms with Gasteiger partial charge < -0.3 is 4.98 Å². The van der Waals surface area contributed by atoms with Gasteiger partial charge in [0.25, 0.3) is 0 Å². The Balaban J connectivity index is 2.30. The zero-order chi connectivity index (χ0) is 6.53. The van der Waals surface area contributed by atoms with E-state index >= 15 is 0 Å². The number of nitrogens with zero attached hydrogens (tertiary/aromatic N) is 1. The monoisotopic (exact) mass is 142 g/mol. The lowest BCUT2D eigenvalue weighted by Gasteiger charge is -1.90. The topological polar surface area (TPSA) is 28.7 Å². The predicted octanol–water partition coefficient (Wildman–Crippen LogP) is 1.91. The second kappa shape index (κ2) is 3.56. The van der Waals surface area contributed by atoms with Crippen molar-refractivity contribution in [2.24, 2.45) is 0 Å². The molecule has 1 rings (SSSR count). The van der Waals surface area contributed by atoms with Crippen LogP contribution >= 0.6 is 11.8 Å². The molecular formula is C6H10N2S. The van der Waals surface area contributed by atoms with E-state index in [1.807, 2.05) is 6.20 Å². The van der Waals surface area contributed by atoms with Crippen LogP contribution in [0, 0.1) is 0 Å². The van der Waals surface area contributed by atoms with Crippen molar-refractivity contribution < 1.29 is 0 Å². The molecule has 0 aliphatic heterocycles. The van der Waals surface area contributed by atoms with E-state index in [0.29, 0.717) is 0 Å². The first kappa shape index (κ1) is 6.68. The van der Waals surface area contributed by atoms with Gasteiger partial charge in [-0.25, -0.2) is 4.98 Å². The molecule has 0 fully saturated rings. The summed E-state index contributed by atoms with van der Waals surface area (Å²) in [4.78, 5) is 7.08. The van der Waals surface area contributed by atoms with Crippen LogP contribution in [0.2, 0.25) is 0 Å². The van der Waals surface area contributed by atoms with Gasteiger partial charge in [0.1, 0.15) is 0 Å². The number of aromatic amines is 1. The molecule has 1 heterocycles. The molecule has 0 unspecified atom stereocenters. The van der Waals surface area contributed by atoms with Gasteiger partial charge in [-0.15, -0.1) is 0 Å². The molecule has 0 atom stereocenters. The summed E-state index contributed by atoms with van der Waals surface area (Å²) in [5, 5.41) is 1.02. The van der Waals surface area contributed by atoms with E-state index in [1.54, 1.807) is 18.0 Å². The van der Waals surface area contributed by atoms with Crippen LogP contribution in [0.15, 0.2) is 17.6 Å². The summed E-state index contributed by atoms with van der Waals surface area (Å²) >= 11 is 1.76. The SMILES string of the molecule is CCCSc1ncc[nH]1. The van der Waals surface area contributed by atoms with Gasteiger partial charge in [0.15, 0.2) is 5.16 Å². The molecule has 9 heavy (non-hydrogen) atoms. The summed E-state index contributed by atoms with van der Waals surface area (Å²) in [5.74, 6) is 1.15. The Morgan fingerprint density at radius 2 is 2.67 bits per heavy atom. The van der Waals surface area contributed by atoms with Crippen LogP contribution in [0.25, 0.3) is 0 Å². The van der Waals surface area contributed by atoms with Crippen molar-refractivity contribution in [1.29, 1.82) is 0 Å². The van der Waals surface area contributed by atoms with Gasteiger partial charge in [0.05, 0.1) is 0 Å². The van der Waals surface area contributed by atoms with E-state index in [2.05, 4.69) is 16.9 Å². The molecule has 50 valence electrons. The van der Waals surface area contributed by atoms with Gasteiger partial charge in [0, 0.05) is 18.1 Å². The normalized spacial score (nSPS) is 9.89. The van der Waals surface area contributed by atoms with E-state index in [0.717, 1.165) is 10.9 Å². The molecule has 0 aliphatic rings. The minimum absolute atomic E-state index is 1.02. The Kier molecular flexibility index (Phi) is 2.64. The van der Waals surface area contributed by atoms with Gasteiger partial charge in [-0.05, 0) is 6.42 Å². The van der Waals surface area contributed by atoms with Gasteiger partial charge in [-0.3, -0.25) is 0 Å². The van der Waals surface area contributed by atoms with E-state index < -0.39 is 0 Å². The van der Waals surface area contributed by atoms with Crippen LogP contribution in [0.5, 0.6) is 0 Å². The third-order valence-corrected chi connectivity index (χ3v) is 2.03. The third kappa shape index (κ3) is 2.10. The fourth-order valence-electron chi connectivity index (χ4n) is 0.528. The first-order chi connectivity index (χ1) is 4.43. The van der Waals surface area contributed by atoms with Crippen molar-refractivity contribution in [3.05, 3.63) is 12.4 Å². The van der Waals surface area contributed by atoms with Gasteiger partial charge in [-0.2, -0.15) is 0 Å². The predicted molar refractivity (Wildman–Crippen MR) is 39.6 cm³/mol. The number of nitrogens with one attached hydrogen (secondary N) is 1. The van der Waals surface area contributed by atoms with Crippen LogP contribution in [0.1, 0.15) is 13.3 Å². The Morgan fingerprint density at radius 3 is 3.22 bits per heavy atom. The van der Waals surface area contributed by atoms with Gasteiger partial charge in [-0.1, -0.05) is 18.7 Å². The Bertz CT molecular complexity index is 148. The summed E-state index contributed by atoms with van der Waals surface area (Å²) in [6.45, 7) is 2.16. The van der Waals surface area contributed by atoms with E-state index in [9.17, 15) is 0 Å². The standard InChI is InChI=1S/C6H10N2S/c1-2-5-9-6-7-3-4-8-6/h3-4H,2,5H2,1H3,(H,7,8). The smallest absolute Gasteiger partial charge is 0.165 e. The van der Waals surface area contributed by atoms with Crippen LogP contribution in [-0.4, -0.2) is 15.7 Å². The third-order valence-electron chi connectivity index (χ3n) is 0.916. The van der Waals surface area contributed by atoms with Crippen LogP contribution < -0.4 is 0 Å². The van der Waals surface area contributed by atoms with Crippen molar-refractivity contribution in [2.75, 3.05) is 5.75 Å². The maximum atomic E-state index is 4.06. The molecule has 0 aliphatic carbocycles. The Morgan fingerprint density at radius 1 is 1.78 bits per heavy atom. The van der Waals surface area contributed by atoms with Crippen molar-refractivity contribution >= 4 is 11.8 Å². The fourth-order valence-corrected chi connectivity index (χ4v) is 1.21. The number of hydrogen-bond acceptors (Lipinski definition) is 2. The summed E-state index contributed by atoms with van der Waals surface area (Å²) in [7, 11) is 0. The molecule has 0 spiro atoms. The molecule has 1 N–H and O–H groups in total. The maximum Gasteiger partial charge on any atom is 0.165 e. The van der Waals surface area contributed by atoms with Gasteiger partial charge >= 0.3 is 0 Å². The molecular weight excluding hydrogens is 132 g/mol.